The zero-order chi connectivity index (χ0) is 10.4. The molecule has 1 N–H and O–H groups in total. The van der Waals surface area contributed by atoms with Crippen LogP contribution >= 0.6 is 0 Å². The van der Waals surface area contributed by atoms with Gasteiger partial charge in [-0.05, 0) is 13.8 Å². The monoisotopic (exact) mass is 215 g/mol. The first-order valence-electron chi connectivity index (χ1n) is 5.55. The van der Waals surface area contributed by atoms with Crippen LogP contribution in [-0.2, 0) is 18.9 Å². The molecule has 0 saturated carbocycles. The maximum atomic E-state index is 5.76. The minimum Gasteiger partial charge on any atom is -0.350 e. The predicted octanol–water partition coefficient (Wildman–Crippen LogP) is -0.150. The lowest BCUT2D eigenvalue weighted by atomic mass is 10.0. The summed E-state index contributed by atoms with van der Waals surface area (Å²) in [6.07, 6.45) is -0.209. The molecular formula is C10H17NO4. The molecule has 0 aromatic heterocycles. The third-order valence-corrected chi connectivity index (χ3v) is 3.09. The van der Waals surface area contributed by atoms with Gasteiger partial charge in [-0.3, -0.25) is 0 Å². The van der Waals surface area contributed by atoms with E-state index in [1.54, 1.807) is 0 Å². The molecule has 6 atom stereocenters. The van der Waals surface area contributed by atoms with E-state index < -0.39 is 0 Å². The van der Waals surface area contributed by atoms with Crippen LogP contribution in [0.4, 0.5) is 0 Å². The van der Waals surface area contributed by atoms with Crippen molar-refractivity contribution in [2.75, 3.05) is 13.2 Å². The molecule has 3 saturated heterocycles. The Kier molecular flexibility index (Phi) is 2.45. The normalized spacial score (nSPS) is 54.8. The Labute approximate surface area is 89.0 Å². The van der Waals surface area contributed by atoms with Crippen molar-refractivity contribution < 1.29 is 18.9 Å². The van der Waals surface area contributed by atoms with Gasteiger partial charge in [-0.15, -0.1) is 0 Å². The second-order valence-electron chi connectivity index (χ2n) is 4.36. The molecule has 3 heterocycles. The van der Waals surface area contributed by atoms with Gasteiger partial charge in [0.05, 0.1) is 6.61 Å². The maximum absolute atomic E-state index is 5.76. The van der Waals surface area contributed by atoms with E-state index in [0.29, 0.717) is 12.6 Å². The highest BCUT2D eigenvalue weighted by Gasteiger charge is 2.48. The SMILES string of the molecule is C[C@@H]1OC[C@H]2O[C@@H](C)O[C@@H]([C@@H]3CN3)[C@@H]2O1. The van der Waals surface area contributed by atoms with Crippen LogP contribution in [0, 0.1) is 0 Å². The van der Waals surface area contributed by atoms with Gasteiger partial charge in [0.25, 0.3) is 0 Å². The average molecular weight is 215 g/mol. The summed E-state index contributed by atoms with van der Waals surface area (Å²) < 4.78 is 22.6. The third kappa shape index (κ3) is 1.90. The molecule has 5 nitrogen and oxygen atoms in total. The van der Waals surface area contributed by atoms with Crippen molar-refractivity contribution in [3.8, 4) is 0 Å². The number of hydrogen-bond donors (Lipinski definition) is 1. The van der Waals surface area contributed by atoms with Gasteiger partial charge in [-0.2, -0.15) is 0 Å². The Morgan fingerprint density at radius 2 is 1.73 bits per heavy atom. The summed E-state index contributed by atoms with van der Waals surface area (Å²) >= 11 is 0. The zero-order valence-corrected chi connectivity index (χ0v) is 9.01. The molecule has 0 unspecified atom stereocenters. The van der Waals surface area contributed by atoms with Crippen molar-refractivity contribution in [3.05, 3.63) is 0 Å². The molecule has 3 aliphatic rings. The number of ether oxygens (including phenoxy) is 4. The van der Waals surface area contributed by atoms with Crippen LogP contribution in [-0.4, -0.2) is 50.1 Å². The summed E-state index contributed by atoms with van der Waals surface area (Å²) in [7, 11) is 0. The highest BCUT2D eigenvalue weighted by molar-refractivity contribution is 5.00. The van der Waals surface area contributed by atoms with E-state index in [4.69, 9.17) is 18.9 Å². The lowest BCUT2D eigenvalue weighted by Crippen LogP contribution is -2.58. The first-order chi connectivity index (χ1) is 7.24. The van der Waals surface area contributed by atoms with E-state index in [2.05, 4.69) is 5.32 Å². The summed E-state index contributed by atoms with van der Waals surface area (Å²) in [5.41, 5.74) is 0. The first-order valence-corrected chi connectivity index (χ1v) is 5.55. The first kappa shape index (κ1) is 9.99. The molecule has 5 heteroatoms. The van der Waals surface area contributed by atoms with Crippen molar-refractivity contribution in [1.82, 2.24) is 5.32 Å². The lowest BCUT2D eigenvalue weighted by molar-refractivity contribution is -0.350. The van der Waals surface area contributed by atoms with Gasteiger partial charge in [0.1, 0.15) is 18.3 Å². The molecule has 0 bridgehead atoms. The Hall–Kier alpha value is -0.200. The van der Waals surface area contributed by atoms with Crippen LogP contribution in [0.1, 0.15) is 13.8 Å². The molecule has 0 spiro atoms. The summed E-state index contributed by atoms with van der Waals surface area (Å²) in [4.78, 5) is 0. The van der Waals surface area contributed by atoms with Gasteiger partial charge in [-0.25, -0.2) is 0 Å². The molecular weight excluding hydrogens is 198 g/mol. The number of nitrogens with one attached hydrogen (secondary N) is 1. The van der Waals surface area contributed by atoms with Gasteiger partial charge < -0.3 is 24.3 Å². The summed E-state index contributed by atoms with van der Waals surface area (Å²) in [5.74, 6) is 0. The minimum absolute atomic E-state index is 0.00458. The van der Waals surface area contributed by atoms with Crippen molar-refractivity contribution in [1.29, 1.82) is 0 Å². The Balaban J connectivity index is 1.74. The third-order valence-electron chi connectivity index (χ3n) is 3.09. The second-order valence-corrected chi connectivity index (χ2v) is 4.36. The lowest BCUT2D eigenvalue weighted by Gasteiger charge is -2.44. The van der Waals surface area contributed by atoms with Crippen LogP contribution in [0.5, 0.6) is 0 Å². The van der Waals surface area contributed by atoms with Crippen LogP contribution in [0.25, 0.3) is 0 Å². The quantitative estimate of drug-likeness (QED) is 0.616. The molecule has 3 aliphatic heterocycles. The Morgan fingerprint density at radius 1 is 1.00 bits per heavy atom. The molecule has 0 aromatic rings. The smallest absolute Gasteiger partial charge is 0.156 e. The maximum Gasteiger partial charge on any atom is 0.156 e. The number of fused-ring (bicyclic) bond motifs is 1. The van der Waals surface area contributed by atoms with Crippen LogP contribution in [0.15, 0.2) is 0 Å². The second kappa shape index (κ2) is 3.68. The van der Waals surface area contributed by atoms with E-state index >= 15 is 0 Å². The summed E-state index contributed by atoms with van der Waals surface area (Å²) in [6, 6.07) is 0.425. The summed E-state index contributed by atoms with van der Waals surface area (Å²) in [6.45, 7) is 5.44. The van der Waals surface area contributed by atoms with Gasteiger partial charge in [0.2, 0.25) is 0 Å². The minimum atomic E-state index is -0.167. The average Bonchev–Trinajstić information content (AvgIpc) is 3.01. The van der Waals surface area contributed by atoms with E-state index in [-0.39, 0.29) is 30.9 Å². The van der Waals surface area contributed by atoms with Crippen LogP contribution in [0.2, 0.25) is 0 Å². The van der Waals surface area contributed by atoms with Crippen LogP contribution < -0.4 is 5.32 Å². The standard InChI is InChI=1S/C10H17NO4/c1-5-12-4-8-10(14-5)9(7-3-11-7)15-6(2)13-8/h5-11H,3-4H2,1-2H3/t5-,6-,7+,8-,9+,10-/m1/s1. The van der Waals surface area contributed by atoms with Gasteiger partial charge in [0, 0.05) is 12.6 Å². The number of rotatable bonds is 1. The van der Waals surface area contributed by atoms with Crippen molar-refractivity contribution in [3.63, 3.8) is 0 Å². The molecule has 3 fully saturated rings. The van der Waals surface area contributed by atoms with Gasteiger partial charge in [0.15, 0.2) is 12.6 Å². The Bertz CT molecular complexity index is 246. The molecule has 0 aromatic carbocycles. The van der Waals surface area contributed by atoms with E-state index in [1.165, 1.54) is 0 Å². The van der Waals surface area contributed by atoms with E-state index in [9.17, 15) is 0 Å². The van der Waals surface area contributed by atoms with Crippen molar-refractivity contribution >= 4 is 0 Å². The highest BCUT2D eigenvalue weighted by atomic mass is 16.8. The molecule has 86 valence electrons. The van der Waals surface area contributed by atoms with Crippen molar-refractivity contribution in [2.24, 2.45) is 0 Å². The van der Waals surface area contributed by atoms with E-state index in [0.717, 1.165) is 6.54 Å². The molecule has 15 heavy (non-hydrogen) atoms. The van der Waals surface area contributed by atoms with Gasteiger partial charge in [-0.1, -0.05) is 0 Å². The fraction of sp³-hybridized carbons (Fsp3) is 1.00. The zero-order valence-electron chi connectivity index (χ0n) is 9.01. The summed E-state index contributed by atoms with van der Waals surface area (Å²) in [5, 5.41) is 3.27. The fourth-order valence-electron chi connectivity index (χ4n) is 2.28. The fourth-order valence-corrected chi connectivity index (χ4v) is 2.28. The molecule has 3 rings (SSSR count). The topological polar surface area (TPSA) is 58.9 Å². The Morgan fingerprint density at radius 3 is 2.47 bits per heavy atom. The van der Waals surface area contributed by atoms with Crippen molar-refractivity contribution in [2.45, 2.75) is 50.8 Å². The largest absolute Gasteiger partial charge is 0.350 e. The van der Waals surface area contributed by atoms with E-state index in [1.807, 2.05) is 13.8 Å². The molecule has 0 aliphatic carbocycles. The van der Waals surface area contributed by atoms with Gasteiger partial charge >= 0.3 is 0 Å². The molecule has 0 radical (unpaired) electrons. The molecule has 0 amide bonds. The highest BCUT2D eigenvalue weighted by Crippen LogP contribution is 2.30. The number of hydrogen-bond acceptors (Lipinski definition) is 5. The predicted molar refractivity (Wildman–Crippen MR) is 51.3 cm³/mol. The van der Waals surface area contributed by atoms with Crippen LogP contribution in [0.3, 0.4) is 0 Å².